The molecule has 0 aliphatic carbocycles. The van der Waals surface area contributed by atoms with Crippen molar-refractivity contribution in [1.82, 2.24) is 4.98 Å². The molecule has 2 heterocycles. The number of anilines is 1. The number of rotatable bonds is 1. The Balaban J connectivity index is 1.78. The van der Waals surface area contributed by atoms with Gasteiger partial charge in [0.2, 0.25) is 0 Å². The molecule has 0 saturated heterocycles. The lowest BCUT2D eigenvalue weighted by Crippen LogP contribution is -2.29. The molecule has 0 atom stereocenters. The molecule has 0 N–H and O–H groups in total. The summed E-state index contributed by atoms with van der Waals surface area (Å²) >= 11 is 0. The predicted octanol–water partition coefficient (Wildman–Crippen LogP) is 4.74. The molecule has 0 radical (unpaired) electrons. The molecular formula is C22H22N2O. The zero-order chi connectivity index (χ0) is 17.6. The van der Waals surface area contributed by atoms with Crippen LogP contribution in [-0.2, 0) is 11.8 Å². The van der Waals surface area contributed by atoms with Gasteiger partial charge < -0.3 is 4.90 Å². The summed E-state index contributed by atoms with van der Waals surface area (Å²) in [6, 6.07) is 14.5. The van der Waals surface area contributed by atoms with Gasteiger partial charge in [-0.05, 0) is 40.5 Å². The van der Waals surface area contributed by atoms with E-state index in [0.29, 0.717) is 5.56 Å². The van der Waals surface area contributed by atoms with E-state index in [9.17, 15) is 4.79 Å². The van der Waals surface area contributed by atoms with Gasteiger partial charge >= 0.3 is 0 Å². The summed E-state index contributed by atoms with van der Waals surface area (Å²) < 4.78 is 0. The lowest BCUT2D eigenvalue weighted by Gasteiger charge is -2.21. The lowest BCUT2D eigenvalue weighted by molar-refractivity contribution is 0.0990. The number of carbonyl (C=O) groups excluding carboxylic acids is 1. The average molecular weight is 330 g/mol. The van der Waals surface area contributed by atoms with Gasteiger partial charge in [-0.3, -0.25) is 9.78 Å². The summed E-state index contributed by atoms with van der Waals surface area (Å²) in [5.74, 6) is 0.0339. The highest BCUT2D eigenvalue weighted by atomic mass is 16.2. The topological polar surface area (TPSA) is 33.2 Å². The fraction of sp³-hybridized carbons (Fsp3) is 0.273. The number of benzene rings is 2. The molecule has 25 heavy (non-hydrogen) atoms. The summed E-state index contributed by atoms with van der Waals surface area (Å²) in [5, 5.41) is 1.99. The van der Waals surface area contributed by atoms with Crippen LogP contribution >= 0.6 is 0 Å². The summed E-state index contributed by atoms with van der Waals surface area (Å²) in [4.78, 5) is 19.4. The quantitative estimate of drug-likeness (QED) is 0.646. The fourth-order valence-electron chi connectivity index (χ4n) is 3.51. The zero-order valence-corrected chi connectivity index (χ0v) is 14.9. The van der Waals surface area contributed by atoms with E-state index in [4.69, 9.17) is 0 Å². The third-order valence-corrected chi connectivity index (χ3v) is 4.99. The van der Waals surface area contributed by atoms with Crippen LogP contribution in [0, 0.1) is 0 Å². The molecular weight excluding hydrogens is 308 g/mol. The van der Waals surface area contributed by atoms with E-state index in [-0.39, 0.29) is 11.3 Å². The summed E-state index contributed by atoms with van der Waals surface area (Å²) in [5.41, 5.74) is 4.25. The highest BCUT2D eigenvalue weighted by Crippen LogP contribution is 2.31. The second-order valence-corrected chi connectivity index (χ2v) is 7.71. The Morgan fingerprint density at radius 1 is 1.08 bits per heavy atom. The Morgan fingerprint density at radius 3 is 2.68 bits per heavy atom. The first kappa shape index (κ1) is 15.8. The molecule has 3 heteroatoms. The number of hydrogen-bond donors (Lipinski definition) is 0. The SMILES string of the molecule is CC(C)(C)c1ccc2c(C(=O)N3CCc4ccccc43)cncc2c1. The fourth-order valence-corrected chi connectivity index (χ4v) is 3.51. The maximum atomic E-state index is 13.2. The molecule has 0 fully saturated rings. The first-order valence-corrected chi connectivity index (χ1v) is 8.73. The van der Waals surface area contributed by atoms with Crippen LogP contribution in [0.4, 0.5) is 5.69 Å². The van der Waals surface area contributed by atoms with Gasteiger partial charge in [0.1, 0.15) is 0 Å². The number of nitrogens with zero attached hydrogens (tertiary/aromatic N) is 2. The second kappa shape index (κ2) is 5.69. The number of carbonyl (C=O) groups is 1. The third kappa shape index (κ3) is 2.70. The smallest absolute Gasteiger partial charge is 0.260 e. The molecule has 0 bridgehead atoms. The first-order valence-electron chi connectivity index (χ1n) is 8.73. The van der Waals surface area contributed by atoms with Gasteiger partial charge in [-0.15, -0.1) is 0 Å². The van der Waals surface area contributed by atoms with Crippen molar-refractivity contribution < 1.29 is 4.79 Å². The molecule has 3 aromatic rings. The number of pyridine rings is 1. The molecule has 1 amide bonds. The van der Waals surface area contributed by atoms with Crippen LogP contribution in [0.3, 0.4) is 0 Å². The zero-order valence-electron chi connectivity index (χ0n) is 14.9. The molecule has 0 unspecified atom stereocenters. The minimum absolute atomic E-state index is 0.0339. The van der Waals surface area contributed by atoms with Crippen molar-refractivity contribution in [2.24, 2.45) is 0 Å². The highest BCUT2D eigenvalue weighted by Gasteiger charge is 2.26. The molecule has 0 saturated carbocycles. The van der Waals surface area contributed by atoms with Crippen molar-refractivity contribution in [1.29, 1.82) is 0 Å². The van der Waals surface area contributed by atoms with Crippen molar-refractivity contribution >= 4 is 22.4 Å². The summed E-state index contributed by atoms with van der Waals surface area (Å²) in [7, 11) is 0. The van der Waals surface area contributed by atoms with E-state index in [1.165, 1.54) is 11.1 Å². The van der Waals surface area contributed by atoms with E-state index < -0.39 is 0 Å². The van der Waals surface area contributed by atoms with Gasteiger partial charge in [-0.25, -0.2) is 0 Å². The maximum absolute atomic E-state index is 13.2. The molecule has 0 spiro atoms. The minimum Gasteiger partial charge on any atom is -0.308 e. The number of amides is 1. The van der Waals surface area contributed by atoms with E-state index in [2.05, 4.69) is 50.0 Å². The molecule has 126 valence electrons. The maximum Gasteiger partial charge on any atom is 0.260 e. The summed E-state index contributed by atoms with van der Waals surface area (Å²) in [6.45, 7) is 7.31. The molecule has 1 aliphatic heterocycles. The Kier molecular flexibility index (Phi) is 3.60. The Bertz CT molecular complexity index is 969. The first-order chi connectivity index (χ1) is 11.9. The van der Waals surface area contributed by atoms with Gasteiger partial charge in [-0.1, -0.05) is 51.1 Å². The minimum atomic E-state index is 0.0339. The molecule has 3 nitrogen and oxygen atoms in total. The standard InChI is InChI=1S/C22H22N2O/c1-22(2,3)17-8-9-18-16(12-17)13-23-14-19(18)21(25)24-11-10-15-6-4-5-7-20(15)24/h4-9,12-14H,10-11H2,1-3H3. The molecule has 1 aromatic heterocycles. The van der Waals surface area contributed by atoms with Crippen molar-refractivity contribution in [3.8, 4) is 0 Å². The number of para-hydroxylation sites is 1. The van der Waals surface area contributed by atoms with Gasteiger partial charge in [0.25, 0.3) is 5.91 Å². The van der Waals surface area contributed by atoms with E-state index in [1.54, 1.807) is 6.20 Å². The Labute approximate surface area is 148 Å². The monoisotopic (exact) mass is 330 g/mol. The number of aromatic nitrogens is 1. The normalized spacial score (nSPS) is 14.0. The van der Waals surface area contributed by atoms with Crippen molar-refractivity contribution in [3.05, 3.63) is 71.5 Å². The van der Waals surface area contributed by atoms with Crippen molar-refractivity contribution in [3.63, 3.8) is 0 Å². The molecule has 1 aliphatic rings. The Hall–Kier alpha value is -2.68. The van der Waals surface area contributed by atoms with E-state index in [0.717, 1.165) is 29.4 Å². The Morgan fingerprint density at radius 2 is 1.88 bits per heavy atom. The van der Waals surface area contributed by atoms with Crippen LogP contribution in [0.15, 0.2) is 54.9 Å². The van der Waals surface area contributed by atoms with Crippen LogP contribution in [0.25, 0.3) is 10.8 Å². The van der Waals surface area contributed by atoms with E-state index in [1.807, 2.05) is 29.3 Å². The van der Waals surface area contributed by atoms with Crippen LogP contribution in [0.1, 0.15) is 42.3 Å². The van der Waals surface area contributed by atoms with Crippen LogP contribution in [-0.4, -0.2) is 17.4 Å². The van der Waals surface area contributed by atoms with Crippen LogP contribution < -0.4 is 4.90 Å². The second-order valence-electron chi connectivity index (χ2n) is 7.71. The summed E-state index contributed by atoms with van der Waals surface area (Å²) in [6.07, 6.45) is 4.45. The van der Waals surface area contributed by atoms with Crippen molar-refractivity contribution in [2.45, 2.75) is 32.6 Å². The van der Waals surface area contributed by atoms with Crippen LogP contribution in [0.2, 0.25) is 0 Å². The number of fused-ring (bicyclic) bond motifs is 2. The van der Waals surface area contributed by atoms with E-state index >= 15 is 0 Å². The largest absolute Gasteiger partial charge is 0.308 e. The van der Waals surface area contributed by atoms with Crippen LogP contribution in [0.5, 0.6) is 0 Å². The van der Waals surface area contributed by atoms with Gasteiger partial charge in [0.05, 0.1) is 5.56 Å². The van der Waals surface area contributed by atoms with Gasteiger partial charge in [-0.2, -0.15) is 0 Å². The average Bonchev–Trinajstić information content (AvgIpc) is 3.03. The third-order valence-electron chi connectivity index (χ3n) is 4.99. The lowest BCUT2D eigenvalue weighted by atomic mass is 9.86. The number of hydrogen-bond acceptors (Lipinski definition) is 2. The predicted molar refractivity (Wildman–Crippen MR) is 102 cm³/mol. The molecule has 4 rings (SSSR count). The highest BCUT2D eigenvalue weighted by molar-refractivity contribution is 6.14. The van der Waals surface area contributed by atoms with Crippen molar-refractivity contribution in [2.75, 3.05) is 11.4 Å². The van der Waals surface area contributed by atoms with Gasteiger partial charge in [0.15, 0.2) is 0 Å². The molecule has 2 aromatic carbocycles. The van der Waals surface area contributed by atoms with Gasteiger partial charge in [0, 0.05) is 30.0 Å².